The van der Waals surface area contributed by atoms with Gasteiger partial charge in [-0.15, -0.1) is 0 Å². The molecular weight excluding hydrogens is 594 g/mol. The zero-order valence-electron chi connectivity index (χ0n) is 32.1. The number of carbonyl (C=O) groups excluding carboxylic acids is 2. The first-order chi connectivity index (χ1) is 23.5. The predicted molar refractivity (Wildman–Crippen MR) is 207 cm³/mol. The van der Waals surface area contributed by atoms with Crippen molar-refractivity contribution in [2.75, 3.05) is 27.2 Å². The Bertz CT molecular complexity index is 829. The predicted octanol–water partition coefficient (Wildman–Crippen LogP) is 12.4. The molecule has 0 saturated carbocycles. The van der Waals surface area contributed by atoms with Crippen molar-refractivity contribution in [3.63, 3.8) is 0 Å². The molecule has 0 saturated heterocycles. The zero-order valence-corrected chi connectivity index (χ0v) is 32.1. The SMILES string of the molecule is CCCCC/C=C\CCCC/C=C\CCCCC(=O)OC[C@H](CCCN(C)C)OC(=O)CCCC/C=C\CCCC/C=C\CCCCC. The van der Waals surface area contributed by atoms with Gasteiger partial charge in [-0.1, -0.05) is 88.1 Å². The summed E-state index contributed by atoms with van der Waals surface area (Å²) in [6.45, 7) is 5.56. The van der Waals surface area contributed by atoms with E-state index in [1.807, 2.05) is 14.1 Å². The number of unbranched alkanes of at least 4 members (excludes halogenated alkanes) is 16. The van der Waals surface area contributed by atoms with Crippen molar-refractivity contribution >= 4 is 11.9 Å². The monoisotopic (exact) mass is 672 g/mol. The first-order valence-electron chi connectivity index (χ1n) is 20.1. The Labute approximate surface area is 298 Å². The highest BCUT2D eigenvalue weighted by molar-refractivity contribution is 5.70. The quantitative estimate of drug-likeness (QED) is 0.0381. The second-order valence-corrected chi connectivity index (χ2v) is 13.7. The van der Waals surface area contributed by atoms with Crippen molar-refractivity contribution < 1.29 is 19.1 Å². The summed E-state index contributed by atoms with van der Waals surface area (Å²) in [5.41, 5.74) is 0. The highest BCUT2D eigenvalue weighted by Crippen LogP contribution is 2.12. The third-order valence-corrected chi connectivity index (χ3v) is 8.46. The van der Waals surface area contributed by atoms with Gasteiger partial charge >= 0.3 is 11.9 Å². The van der Waals surface area contributed by atoms with Crippen LogP contribution in [0.1, 0.15) is 181 Å². The van der Waals surface area contributed by atoms with E-state index >= 15 is 0 Å². The summed E-state index contributed by atoms with van der Waals surface area (Å²) >= 11 is 0. The number of hydrogen-bond donors (Lipinski definition) is 0. The topological polar surface area (TPSA) is 55.8 Å². The third kappa shape index (κ3) is 36.7. The Hall–Kier alpha value is -2.14. The first-order valence-corrected chi connectivity index (χ1v) is 20.1. The van der Waals surface area contributed by atoms with Crippen LogP contribution < -0.4 is 0 Å². The maximum Gasteiger partial charge on any atom is 0.306 e. The minimum Gasteiger partial charge on any atom is -0.462 e. The molecule has 0 aromatic heterocycles. The largest absolute Gasteiger partial charge is 0.462 e. The van der Waals surface area contributed by atoms with Crippen molar-refractivity contribution in [2.24, 2.45) is 0 Å². The van der Waals surface area contributed by atoms with Gasteiger partial charge in [-0.25, -0.2) is 0 Å². The molecule has 0 aromatic carbocycles. The molecule has 0 rings (SSSR count). The van der Waals surface area contributed by atoms with Crippen LogP contribution in [0.5, 0.6) is 0 Å². The minimum absolute atomic E-state index is 0.156. The number of nitrogens with zero attached hydrogens (tertiary/aromatic N) is 1. The lowest BCUT2D eigenvalue weighted by atomic mass is 10.1. The summed E-state index contributed by atoms with van der Waals surface area (Å²) in [4.78, 5) is 27.0. The fraction of sp³-hybridized carbons (Fsp3) is 0.767. The van der Waals surface area contributed by atoms with Crippen LogP contribution in [0, 0.1) is 0 Å². The van der Waals surface area contributed by atoms with Gasteiger partial charge in [-0.2, -0.15) is 0 Å². The lowest BCUT2D eigenvalue weighted by Crippen LogP contribution is -2.26. The van der Waals surface area contributed by atoms with E-state index in [0.717, 1.165) is 64.3 Å². The van der Waals surface area contributed by atoms with Crippen molar-refractivity contribution in [1.82, 2.24) is 4.90 Å². The Morgan fingerprint density at radius 2 is 0.854 bits per heavy atom. The summed E-state index contributed by atoms with van der Waals surface area (Å²) in [6, 6.07) is 0. The van der Waals surface area contributed by atoms with Gasteiger partial charge in [0, 0.05) is 12.8 Å². The Morgan fingerprint density at radius 1 is 0.500 bits per heavy atom. The van der Waals surface area contributed by atoms with E-state index in [4.69, 9.17) is 9.47 Å². The summed E-state index contributed by atoms with van der Waals surface area (Å²) in [5.74, 6) is -0.376. The molecule has 5 heteroatoms. The van der Waals surface area contributed by atoms with Gasteiger partial charge in [-0.05, 0) is 149 Å². The molecule has 0 aliphatic carbocycles. The van der Waals surface area contributed by atoms with Crippen molar-refractivity contribution in [1.29, 1.82) is 0 Å². The van der Waals surface area contributed by atoms with Gasteiger partial charge in [0.2, 0.25) is 0 Å². The van der Waals surface area contributed by atoms with Crippen LogP contribution in [0.15, 0.2) is 48.6 Å². The molecule has 0 amide bonds. The summed E-state index contributed by atoms with van der Waals surface area (Å²) in [6.07, 6.45) is 46.1. The Morgan fingerprint density at radius 3 is 1.23 bits per heavy atom. The van der Waals surface area contributed by atoms with Crippen LogP contribution in [0.2, 0.25) is 0 Å². The Balaban J connectivity index is 4.02. The second kappa shape index (κ2) is 37.7. The molecule has 0 heterocycles. The molecule has 0 bridgehead atoms. The van der Waals surface area contributed by atoms with Crippen LogP contribution in [0.25, 0.3) is 0 Å². The normalized spacial score (nSPS) is 12.8. The molecule has 0 aliphatic heterocycles. The highest BCUT2D eigenvalue weighted by Gasteiger charge is 2.17. The maximum atomic E-state index is 12.6. The summed E-state index contributed by atoms with van der Waals surface area (Å²) in [7, 11) is 4.07. The molecule has 0 spiro atoms. The van der Waals surface area contributed by atoms with Gasteiger partial charge in [0.1, 0.15) is 12.7 Å². The van der Waals surface area contributed by atoms with E-state index in [2.05, 4.69) is 67.4 Å². The number of hydrogen-bond acceptors (Lipinski definition) is 5. The van der Waals surface area contributed by atoms with Crippen molar-refractivity contribution in [3.8, 4) is 0 Å². The molecule has 0 unspecified atom stereocenters. The molecule has 0 fully saturated rings. The molecular formula is C43H77NO4. The minimum atomic E-state index is -0.369. The van der Waals surface area contributed by atoms with Gasteiger partial charge in [0.05, 0.1) is 0 Å². The van der Waals surface area contributed by atoms with Gasteiger partial charge in [0.15, 0.2) is 0 Å². The highest BCUT2D eigenvalue weighted by atomic mass is 16.6. The molecule has 0 N–H and O–H groups in total. The molecule has 0 aliphatic rings. The molecule has 5 nitrogen and oxygen atoms in total. The van der Waals surface area contributed by atoms with Gasteiger partial charge in [-0.3, -0.25) is 9.59 Å². The molecule has 278 valence electrons. The second-order valence-electron chi connectivity index (χ2n) is 13.7. The number of carbonyl (C=O) groups is 2. The fourth-order valence-corrected chi connectivity index (χ4v) is 5.39. The summed E-state index contributed by atoms with van der Waals surface area (Å²) in [5, 5.41) is 0. The van der Waals surface area contributed by atoms with Gasteiger partial charge < -0.3 is 14.4 Å². The third-order valence-electron chi connectivity index (χ3n) is 8.46. The molecule has 1 atom stereocenters. The van der Waals surface area contributed by atoms with Crippen LogP contribution in [-0.4, -0.2) is 50.2 Å². The summed E-state index contributed by atoms with van der Waals surface area (Å²) < 4.78 is 11.3. The average molecular weight is 672 g/mol. The number of rotatable bonds is 35. The van der Waals surface area contributed by atoms with E-state index in [0.29, 0.717) is 19.3 Å². The van der Waals surface area contributed by atoms with Crippen LogP contribution in [0.4, 0.5) is 0 Å². The van der Waals surface area contributed by atoms with E-state index in [1.165, 1.54) is 89.9 Å². The molecule has 48 heavy (non-hydrogen) atoms. The number of ether oxygens (including phenoxy) is 2. The lowest BCUT2D eigenvalue weighted by Gasteiger charge is -2.19. The number of esters is 2. The zero-order chi connectivity index (χ0) is 35.2. The van der Waals surface area contributed by atoms with E-state index in [9.17, 15) is 9.59 Å². The standard InChI is InChI=1S/C43H77NO4/c1-5-7-9-11-13-15-17-19-21-23-25-27-29-31-33-37-42(45)47-40-41(36-35-39-44(3)4)48-43(46)38-34-32-30-28-26-24-22-20-18-16-14-12-10-8-6-2/h13-16,25-28,41H,5-12,17-24,29-40H2,1-4H3/b15-13-,16-14-,27-25-,28-26-/t41-/m0/s1. The molecule has 0 aromatic rings. The van der Waals surface area contributed by atoms with Gasteiger partial charge in [0.25, 0.3) is 0 Å². The van der Waals surface area contributed by atoms with Crippen LogP contribution in [0.3, 0.4) is 0 Å². The Kier molecular flexibility index (Phi) is 36.0. The number of allylic oxidation sites excluding steroid dienone is 8. The fourth-order valence-electron chi connectivity index (χ4n) is 5.39. The van der Waals surface area contributed by atoms with E-state index < -0.39 is 0 Å². The lowest BCUT2D eigenvalue weighted by molar-refractivity contribution is -0.159. The van der Waals surface area contributed by atoms with Crippen LogP contribution >= 0.6 is 0 Å². The van der Waals surface area contributed by atoms with E-state index in [-0.39, 0.29) is 24.6 Å². The maximum absolute atomic E-state index is 12.6. The van der Waals surface area contributed by atoms with Crippen LogP contribution in [-0.2, 0) is 19.1 Å². The smallest absolute Gasteiger partial charge is 0.306 e. The van der Waals surface area contributed by atoms with Crippen molar-refractivity contribution in [2.45, 2.75) is 187 Å². The first kappa shape index (κ1) is 45.9. The van der Waals surface area contributed by atoms with Crippen molar-refractivity contribution in [3.05, 3.63) is 48.6 Å². The average Bonchev–Trinajstić information content (AvgIpc) is 3.06. The molecule has 0 radical (unpaired) electrons. The van der Waals surface area contributed by atoms with E-state index in [1.54, 1.807) is 0 Å².